The number of hydrogen-bond acceptors (Lipinski definition) is 6. The number of anilines is 1. The van der Waals surface area contributed by atoms with Crippen LogP contribution in [-0.2, 0) is 10.1 Å². The molecule has 1 aromatic heterocycles. The third-order valence-corrected chi connectivity index (χ3v) is 5.88. The number of phenols is 1. The number of rotatable bonds is 2. The maximum atomic E-state index is 11.4. The van der Waals surface area contributed by atoms with Crippen LogP contribution in [0, 0.1) is 0 Å². The van der Waals surface area contributed by atoms with Crippen LogP contribution in [0.4, 0.5) is 5.69 Å². The van der Waals surface area contributed by atoms with Gasteiger partial charge in [0.05, 0.1) is 15.1 Å². The van der Waals surface area contributed by atoms with Gasteiger partial charge >= 0.3 is 0 Å². The minimum absolute atomic E-state index is 0.213. The largest absolute Gasteiger partial charge is 0.507 e. The summed E-state index contributed by atoms with van der Waals surface area (Å²) in [5.41, 5.74) is 7.92. The highest BCUT2D eigenvalue weighted by Gasteiger charge is 2.16. The standard InChI is InChI=1S/C17H12N2O4S2/c18-10-3-1-9(2-4-10)17-19-14-6-5-12-13(16(14)24-17)7-11(8-15(12)20)25(21,22)23/h1-8,20H,18H2,(H,21,22,23). The second kappa shape index (κ2) is 5.41. The van der Waals surface area contributed by atoms with Crippen LogP contribution in [-0.4, -0.2) is 23.1 Å². The SMILES string of the molecule is Nc1ccc(-c2nc3ccc4c(O)cc(S(=O)(=O)O)cc4c3s2)cc1. The molecule has 1 heterocycles. The van der Waals surface area contributed by atoms with E-state index in [4.69, 9.17) is 5.73 Å². The van der Waals surface area contributed by atoms with Crippen LogP contribution < -0.4 is 5.73 Å². The number of nitrogens with two attached hydrogens (primary N) is 1. The first-order valence-corrected chi connectivity index (χ1v) is 9.48. The van der Waals surface area contributed by atoms with Crippen molar-refractivity contribution in [3.63, 3.8) is 0 Å². The topological polar surface area (TPSA) is 114 Å². The summed E-state index contributed by atoms with van der Waals surface area (Å²) in [6.45, 7) is 0. The van der Waals surface area contributed by atoms with Crippen LogP contribution in [0.25, 0.3) is 31.6 Å². The van der Waals surface area contributed by atoms with E-state index in [9.17, 15) is 18.1 Å². The third-order valence-electron chi connectivity index (χ3n) is 3.89. The first-order chi connectivity index (χ1) is 11.8. The summed E-state index contributed by atoms with van der Waals surface area (Å²) in [5.74, 6) is -0.213. The van der Waals surface area contributed by atoms with Crippen LogP contribution >= 0.6 is 11.3 Å². The molecule has 25 heavy (non-hydrogen) atoms. The van der Waals surface area contributed by atoms with Gasteiger partial charge in [0.1, 0.15) is 10.8 Å². The number of aromatic nitrogens is 1. The Morgan fingerprint density at radius 2 is 1.72 bits per heavy atom. The van der Waals surface area contributed by atoms with Gasteiger partial charge in [-0.15, -0.1) is 11.3 Å². The monoisotopic (exact) mass is 372 g/mol. The van der Waals surface area contributed by atoms with Crippen molar-refractivity contribution in [2.75, 3.05) is 5.73 Å². The molecular formula is C17H12N2O4S2. The molecule has 0 radical (unpaired) electrons. The van der Waals surface area contributed by atoms with Gasteiger partial charge in [0, 0.05) is 28.1 Å². The quantitative estimate of drug-likeness (QED) is 0.366. The molecule has 0 atom stereocenters. The Balaban J connectivity index is 2.02. The van der Waals surface area contributed by atoms with Gasteiger partial charge in [-0.2, -0.15) is 8.42 Å². The van der Waals surface area contributed by atoms with Crippen molar-refractivity contribution in [3.05, 3.63) is 48.5 Å². The lowest BCUT2D eigenvalue weighted by molar-refractivity contribution is 0.471. The van der Waals surface area contributed by atoms with Crippen LogP contribution in [0.5, 0.6) is 5.75 Å². The zero-order chi connectivity index (χ0) is 17.8. The summed E-state index contributed by atoms with van der Waals surface area (Å²) in [7, 11) is -4.43. The van der Waals surface area contributed by atoms with E-state index in [0.717, 1.165) is 21.3 Å². The summed E-state index contributed by atoms with van der Waals surface area (Å²) >= 11 is 1.37. The molecule has 0 saturated heterocycles. The van der Waals surface area contributed by atoms with Crippen LogP contribution in [0.2, 0.25) is 0 Å². The van der Waals surface area contributed by atoms with E-state index in [1.807, 2.05) is 12.1 Å². The molecule has 0 amide bonds. The van der Waals surface area contributed by atoms with Crippen molar-refractivity contribution in [1.82, 2.24) is 4.98 Å². The maximum absolute atomic E-state index is 11.4. The summed E-state index contributed by atoms with van der Waals surface area (Å²) < 4.78 is 32.9. The predicted molar refractivity (Wildman–Crippen MR) is 98.5 cm³/mol. The normalized spacial score (nSPS) is 12.0. The molecule has 6 nitrogen and oxygen atoms in total. The highest BCUT2D eigenvalue weighted by molar-refractivity contribution is 7.85. The van der Waals surface area contributed by atoms with Crippen LogP contribution in [0.15, 0.2) is 53.4 Å². The number of thiazole rings is 1. The molecule has 0 saturated carbocycles. The Kier molecular flexibility index (Phi) is 3.43. The van der Waals surface area contributed by atoms with E-state index >= 15 is 0 Å². The molecule has 0 aliphatic heterocycles. The predicted octanol–water partition coefficient (Wildman–Crippen LogP) is 3.65. The number of nitrogens with zero attached hydrogens (tertiary/aromatic N) is 1. The Morgan fingerprint density at radius 1 is 1.00 bits per heavy atom. The van der Waals surface area contributed by atoms with Gasteiger partial charge in [0.15, 0.2) is 0 Å². The molecule has 4 N–H and O–H groups in total. The zero-order valence-electron chi connectivity index (χ0n) is 12.7. The molecule has 0 aliphatic rings. The van der Waals surface area contributed by atoms with E-state index < -0.39 is 10.1 Å². The molecule has 4 rings (SSSR count). The van der Waals surface area contributed by atoms with Crippen molar-refractivity contribution in [2.45, 2.75) is 4.90 Å². The smallest absolute Gasteiger partial charge is 0.294 e. The Bertz CT molecular complexity index is 1230. The average molecular weight is 372 g/mol. The molecule has 0 fully saturated rings. The van der Waals surface area contributed by atoms with Crippen molar-refractivity contribution in [1.29, 1.82) is 0 Å². The van der Waals surface area contributed by atoms with Gasteiger partial charge in [0.2, 0.25) is 0 Å². The van der Waals surface area contributed by atoms with Gasteiger partial charge in [-0.05, 0) is 42.5 Å². The Labute approximate surface area is 146 Å². The van der Waals surface area contributed by atoms with Gasteiger partial charge in [0.25, 0.3) is 10.1 Å². The van der Waals surface area contributed by atoms with Gasteiger partial charge in [-0.25, -0.2) is 4.98 Å². The molecular weight excluding hydrogens is 360 g/mol. The summed E-state index contributed by atoms with van der Waals surface area (Å²) in [5, 5.41) is 11.9. The highest BCUT2D eigenvalue weighted by atomic mass is 32.2. The van der Waals surface area contributed by atoms with Gasteiger partial charge in [-0.3, -0.25) is 4.55 Å². The zero-order valence-corrected chi connectivity index (χ0v) is 14.3. The first-order valence-electron chi connectivity index (χ1n) is 7.22. The fourth-order valence-electron chi connectivity index (χ4n) is 2.67. The Morgan fingerprint density at radius 3 is 2.40 bits per heavy atom. The first kappa shape index (κ1) is 15.8. The fraction of sp³-hybridized carbons (Fsp3) is 0. The number of phenolic OH excluding ortho intramolecular Hbond substituents is 1. The summed E-state index contributed by atoms with van der Waals surface area (Å²) in [6, 6.07) is 13.1. The third kappa shape index (κ3) is 2.70. The van der Waals surface area contributed by atoms with Crippen LogP contribution in [0.3, 0.4) is 0 Å². The second-order valence-electron chi connectivity index (χ2n) is 5.57. The van der Waals surface area contributed by atoms with E-state index in [1.165, 1.54) is 17.4 Å². The number of fused-ring (bicyclic) bond motifs is 3. The van der Waals surface area contributed by atoms with Crippen molar-refractivity contribution in [2.24, 2.45) is 0 Å². The highest BCUT2D eigenvalue weighted by Crippen LogP contribution is 2.39. The van der Waals surface area contributed by atoms with E-state index in [-0.39, 0.29) is 10.6 Å². The molecule has 4 aromatic rings. The minimum atomic E-state index is -4.43. The molecule has 8 heteroatoms. The lowest BCUT2D eigenvalue weighted by Crippen LogP contribution is -1.97. The molecule has 0 bridgehead atoms. The summed E-state index contributed by atoms with van der Waals surface area (Å²) in [4.78, 5) is 4.21. The number of benzene rings is 3. The van der Waals surface area contributed by atoms with Crippen molar-refractivity contribution in [3.8, 4) is 16.3 Å². The Hall–Kier alpha value is -2.68. The molecule has 0 aliphatic carbocycles. The lowest BCUT2D eigenvalue weighted by Gasteiger charge is -2.04. The van der Waals surface area contributed by atoms with E-state index in [2.05, 4.69) is 4.98 Å². The molecule has 3 aromatic carbocycles. The summed E-state index contributed by atoms with van der Waals surface area (Å²) in [6.07, 6.45) is 0. The van der Waals surface area contributed by atoms with E-state index in [0.29, 0.717) is 22.0 Å². The minimum Gasteiger partial charge on any atom is -0.507 e. The second-order valence-corrected chi connectivity index (χ2v) is 7.99. The maximum Gasteiger partial charge on any atom is 0.294 e. The van der Waals surface area contributed by atoms with E-state index in [1.54, 1.807) is 24.3 Å². The number of aromatic hydroxyl groups is 1. The number of nitrogen functional groups attached to an aromatic ring is 1. The lowest BCUT2D eigenvalue weighted by atomic mass is 10.1. The van der Waals surface area contributed by atoms with Crippen LogP contribution in [0.1, 0.15) is 0 Å². The number of hydrogen-bond donors (Lipinski definition) is 3. The molecule has 0 unspecified atom stereocenters. The van der Waals surface area contributed by atoms with Crippen molar-refractivity contribution < 1.29 is 18.1 Å². The average Bonchev–Trinajstić information content (AvgIpc) is 2.99. The molecule has 0 spiro atoms. The molecule has 126 valence electrons. The van der Waals surface area contributed by atoms with Gasteiger partial charge < -0.3 is 10.8 Å². The van der Waals surface area contributed by atoms with Crippen molar-refractivity contribution >= 4 is 48.1 Å². The fourth-order valence-corrected chi connectivity index (χ4v) is 4.29. The van der Waals surface area contributed by atoms with Gasteiger partial charge in [-0.1, -0.05) is 0 Å².